The SMILES string of the molecule is CC1=Cc2ccccc2[N+]1(B(O)O)c1nc2c(c(NCc3ccccc3)n1)CC1CCNCC1C2. The average molecular weight is 468 g/mol. The van der Waals surface area contributed by atoms with Crippen molar-refractivity contribution in [2.75, 3.05) is 18.4 Å². The number of aromatic nitrogens is 2. The second kappa shape index (κ2) is 8.88. The van der Waals surface area contributed by atoms with Crippen LogP contribution in [-0.4, -0.2) is 40.4 Å². The summed E-state index contributed by atoms with van der Waals surface area (Å²) in [6, 6.07) is 18.1. The molecule has 1 aliphatic carbocycles. The minimum atomic E-state index is -1.72. The zero-order valence-electron chi connectivity index (χ0n) is 20.0. The van der Waals surface area contributed by atoms with Crippen LogP contribution >= 0.6 is 0 Å². The molecule has 1 fully saturated rings. The first kappa shape index (κ1) is 22.4. The summed E-state index contributed by atoms with van der Waals surface area (Å²) in [4.78, 5) is 10.1. The van der Waals surface area contributed by atoms with Crippen LogP contribution in [0.4, 0.5) is 17.5 Å². The Morgan fingerprint density at radius 2 is 1.83 bits per heavy atom. The highest BCUT2D eigenvalue weighted by Gasteiger charge is 2.56. The molecule has 0 radical (unpaired) electrons. The molecule has 6 rings (SSSR count). The number of allylic oxidation sites excluding steroid dienone is 1. The minimum Gasteiger partial charge on any atom is -0.369 e. The molecule has 0 saturated carbocycles. The molecule has 2 aromatic carbocycles. The van der Waals surface area contributed by atoms with E-state index in [0.717, 1.165) is 60.8 Å². The van der Waals surface area contributed by atoms with E-state index in [4.69, 9.17) is 9.97 Å². The molecule has 0 bridgehead atoms. The van der Waals surface area contributed by atoms with Crippen molar-refractivity contribution >= 4 is 30.8 Å². The van der Waals surface area contributed by atoms with E-state index >= 15 is 0 Å². The van der Waals surface area contributed by atoms with Crippen molar-refractivity contribution in [3.63, 3.8) is 0 Å². The van der Waals surface area contributed by atoms with Crippen molar-refractivity contribution in [2.24, 2.45) is 11.8 Å². The van der Waals surface area contributed by atoms with Gasteiger partial charge in [0.15, 0.2) is 0 Å². The summed E-state index contributed by atoms with van der Waals surface area (Å²) < 4.78 is -0.296. The van der Waals surface area contributed by atoms with E-state index in [-0.39, 0.29) is 4.39 Å². The topological polar surface area (TPSA) is 90.3 Å². The Balaban J connectivity index is 1.49. The maximum Gasteiger partial charge on any atom is 0.772 e. The van der Waals surface area contributed by atoms with Crippen molar-refractivity contribution in [2.45, 2.75) is 32.7 Å². The van der Waals surface area contributed by atoms with Gasteiger partial charge in [0.2, 0.25) is 0 Å². The monoisotopic (exact) mass is 468 g/mol. The fraction of sp³-hybridized carbons (Fsp3) is 0.333. The first-order valence-corrected chi connectivity index (χ1v) is 12.5. The molecular formula is C27H31BN5O2+. The molecule has 8 heteroatoms. The first-order chi connectivity index (χ1) is 17.1. The molecule has 1 aromatic heterocycles. The third-order valence-electron chi connectivity index (χ3n) is 7.97. The Kier molecular flexibility index (Phi) is 5.69. The first-order valence-electron chi connectivity index (χ1n) is 12.5. The Morgan fingerprint density at radius 1 is 1.03 bits per heavy atom. The van der Waals surface area contributed by atoms with E-state index in [1.165, 1.54) is 11.1 Å². The summed E-state index contributed by atoms with van der Waals surface area (Å²) >= 11 is 0. The maximum atomic E-state index is 10.8. The summed E-state index contributed by atoms with van der Waals surface area (Å²) in [5.74, 6) is 2.36. The average Bonchev–Trinajstić information content (AvgIpc) is 3.19. The molecule has 4 N–H and O–H groups in total. The summed E-state index contributed by atoms with van der Waals surface area (Å²) in [6.45, 7) is 4.62. The van der Waals surface area contributed by atoms with Crippen LogP contribution in [0.2, 0.25) is 0 Å². The minimum absolute atomic E-state index is 0.296. The summed E-state index contributed by atoms with van der Waals surface area (Å²) in [7, 11) is -1.72. The van der Waals surface area contributed by atoms with E-state index in [2.05, 4.69) is 22.8 Å². The van der Waals surface area contributed by atoms with Gasteiger partial charge in [0.1, 0.15) is 17.2 Å². The Morgan fingerprint density at radius 3 is 2.66 bits per heavy atom. The van der Waals surface area contributed by atoms with Crippen LogP contribution in [0, 0.1) is 11.8 Å². The van der Waals surface area contributed by atoms with E-state index in [1.54, 1.807) is 0 Å². The Hall–Kier alpha value is -3.04. The number of anilines is 1. The van der Waals surface area contributed by atoms with Crippen molar-refractivity contribution in [1.29, 1.82) is 0 Å². The van der Waals surface area contributed by atoms with Gasteiger partial charge in [-0.3, -0.25) is 0 Å². The number of benzene rings is 2. The molecule has 3 aliphatic rings. The third kappa shape index (κ3) is 3.68. The van der Waals surface area contributed by atoms with Crippen LogP contribution in [0.1, 0.15) is 35.7 Å². The molecule has 0 spiro atoms. The highest BCUT2D eigenvalue weighted by Crippen LogP contribution is 2.47. The highest BCUT2D eigenvalue weighted by atomic mass is 16.4. The fourth-order valence-electron chi connectivity index (χ4n) is 6.10. The van der Waals surface area contributed by atoms with Gasteiger partial charge in [-0.1, -0.05) is 42.5 Å². The van der Waals surface area contributed by atoms with Gasteiger partial charge in [-0.25, -0.2) is 4.39 Å². The summed E-state index contributed by atoms with van der Waals surface area (Å²) in [6.07, 6.45) is 4.98. The molecule has 0 amide bonds. The summed E-state index contributed by atoms with van der Waals surface area (Å²) in [5.41, 5.74) is 5.88. The van der Waals surface area contributed by atoms with Crippen LogP contribution in [0.15, 0.2) is 60.3 Å². The largest absolute Gasteiger partial charge is 0.772 e. The van der Waals surface area contributed by atoms with Gasteiger partial charge < -0.3 is 20.7 Å². The lowest BCUT2D eigenvalue weighted by molar-refractivity contribution is 0.234. The smallest absolute Gasteiger partial charge is 0.369 e. The Bertz CT molecular complexity index is 1280. The van der Waals surface area contributed by atoms with Gasteiger partial charge in [-0.05, 0) is 61.9 Å². The molecular weight excluding hydrogens is 437 g/mol. The van der Waals surface area contributed by atoms with Gasteiger partial charge in [0.05, 0.1) is 5.69 Å². The standard InChI is InChI=1S/C27H31BN5O2/c1-18-13-21-9-5-6-10-25(21)33(18,28(34)35)27-31-24-15-22-17-29-12-11-20(22)14-23(24)26(32-27)30-16-19-7-3-2-4-8-19/h2-10,13,20,22,29,34-35H,11-12,14-17H2,1H3,(H,30,31,32)/q+1. The van der Waals surface area contributed by atoms with Crippen molar-refractivity contribution in [1.82, 2.24) is 19.7 Å². The third-order valence-corrected chi connectivity index (χ3v) is 7.97. The number of quaternary nitrogens is 1. The quantitative estimate of drug-likeness (QED) is 0.430. The van der Waals surface area contributed by atoms with Gasteiger partial charge in [0, 0.05) is 30.7 Å². The normalized spacial score (nSPS) is 24.7. The van der Waals surface area contributed by atoms with E-state index < -0.39 is 7.25 Å². The lowest BCUT2D eigenvalue weighted by Crippen LogP contribution is -2.55. The molecule has 7 nitrogen and oxygen atoms in total. The number of hydrogen-bond donors (Lipinski definition) is 4. The predicted octanol–water partition coefficient (Wildman–Crippen LogP) is 3.40. The number of hydrogen-bond acceptors (Lipinski definition) is 6. The number of nitrogens with zero attached hydrogens (tertiary/aromatic N) is 3. The molecule has 3 aromatic rings. The molecule has 2 aliphatic heterocycles. The van der Waals surface area contributed by atoms with Crippen molar-refractivity contribution in [3.05, 3.63) is 82.7 Å². The molecule has 178 valence electrons. The van der Waals surface area contributed by atoms with Crippen LogP contribution in [0.3, 0.4) is 0 Å². The van der Waals surface area contributed by atoms with Crippen LogP contribution in [0.25, 0.3) is 6.08 Å². The van der Waals surface area contributed by atoms with Crippen LogP contribution in [0.5, 0.6) is 0 Å². The molecule has 3 atom stereocenters. The fourth-order valence-corrected chi connectivity index (χ4v) is 6.10. The lowest BCUT2D eigenvalue weighted by atomic mass is 9.74. The molecule has 3 unspecified atom stereocenters. The van der Waals surface area contributed by atoms with E-state index in [0.29, 0.717) is 24.3 Å². The zero-order valence-corrected chi connectivity index (χ0v) is 20.0. The second-order valence-electron chi connectivity index (χ2n) is 9.97. The van der Waals surface area contributed by atoms with Gasteiger partial charge in [-0.15, -0.1) is 0 Å². The van der Waals surface area contributed by atoms with E-state index in [9.17, 15) is 10.0 Å². The maximum absolute atomic E-state index is 10.8. The molecule has 35 heavy (non-hydrogen) atoms. The van der Waals surface area contributed by atoms with Crippen molar-refractivity contribution < 1.29 is 10.0 Å². The van der Waals surface area contributed by atoms with Gasteiger partial charge >= 0.3 is 13.2 Å². The second-order valence-corrected chi connectivity index (χ2v) is 9.97. The highest BCUT2D eigenvalue weighted by molar-refractivity contribution is 6.46. The van der Waals surface area contributed by atoms with Crippen LogP contribution in [-0.2, 0) is 19.4 Å². The predicted molar refractivity (Wildman–Crippen MR) is 139 cm³/mol. The van der Waals surface area contributed by atoms with Crippen molar-refractivity contribution in [3.8, 4) is 0 Å². The molecule has 3 heterocycles. The number of rotatable bonds is 5. The molecule has 1 saturated heterocycles. The number of para-hydroxylation sites is 1. The number of piperidine rings is 1. The zero-order chi connectivity index (χ0) is 24.0. The Labute approximate surface area is 206 Å². The number of nitrogens with one attached hydrogen (secondary N) is 2. The van der Waals surface area contributed by atoms with Gasteiger partial charge in [0.25, 0.3) is 0 Å². The summed E-state index contributed by atoms with van der Waals surface area (Å²) in [5, 5.41) is 28.8. The lowest BCUT2D eigenvalue weighted by Gasteiger charge is -2.38. The van der Waals surface area contributed by atoms with E-state index in [1.807, 2.05) is 55.5 Å². The van der Waals surface area contributed by atoms with Crippen LogP contribution < -0.4 is 15.0 Å². The van der Waals surface area contributed by atoms with Gasteiger partial charge in [-0.2, -0.15) is 9.97 Å². The number of fused-ring (bicyclic) bond motifs is 3.